The lowest BCUT2D eigenvalue weighted by Crippen LogP contribution is -2.33. The number of carbonyl (C=O) groups is 2. The van der Waals surface area contributed by atoms with E-state index in [-0.39, 0.29) is 11.8 Å². The van der Waals surface area contributed by atoms with Crippen molar-refractivity contribution in [3.8, 4) is 5.75 Å². The molecule has 0 bridgehead atoms. The quantitative estimate of drug-likeness (QED) is 0.416. The third kappa shape index (κ3) is 4.25. The van der Waals surface area contributed by atoms with E-state index in [9.17, 15) is 9.59 Å². The second-order valence-electron chi connectivity index (χ2n) is 9.11. The number of aryl methyl sites for hydroxylation is 1. The maximum atomic E-state index is 12.1. The first-order valence-electron chi connectivity index (χ1n) is 11.9. The monoisotopic (exact) mass is 442 g/mol. The summed E-state index contributed by atoms with van der Waals surface area (Å²) < 4.78 is 5.84. The number of nitrogens with one attached hydrogen (secondary N) is 1. The standard InChI is InChI=1S/C28H30N2O3/c1-33-26-22-10-3-2-7-19(22)12-13-23(26)20-14-17-30(18-15-20)16-5-4-8-21-9-6-11-24-25(21)28(32)29-27(24)31/h2-3,6-7,9-13,20H,4-5,8,14-18H2,1H3,(H,29,31,32). The summed E-state index contributed by atoms with van der Waals surface area (Å²) in [4.78, 5) is 26.5. The minimum atomic E-state index is -0.275. The zero-order valence-electron chi connectivity index (χ0n) is 19.1. The fraction of sp³-hybridized carbons (Fsp3) is 0.357. The number of nitrogens with zero attached hydrogens (tertiary/aromatic N) is 1. The summed E-state index contributed by atoms with van der Waals surface area (Å²) in [7, 11) is 1.78. The molecule has 0 unspecified atom stereocenters. The van der Waals surface area contributed by atoms with Gasteiger partial charge in [-0.25, -0.2) is 0 Å². The van der Waals surface area contributed by atoms with Gasteiger partial charge in [-0.2, -0.15) is 0 Å². The smallest absolute Gasteiger partial charge is 0.259 e. The Hall–Kier alpha value is -3.18. The van der Waals surface area contributed by atoms with E-state index in [1.165, 1.54) is 16.3 Å². The van der Waals surface area contributed by atoms with Crippen LogP contribution in [0, 0.1) is 0 Å². The molecule has 3 aromatic rings. The van der Waals surface area contributed by atoms with E-state index in [2.05, 4.69) is 46.6 Å². The lowest BCUT2D eigenvalue weighted by atomic mass is 9.87. The molecule has 170 valence electrons. The lowest BCUT2D eigenvalue weighted by molar-refractivity contribution is 0.0879. The number of rotatable bonds is 7. The van der Waals surface area contributed by atoms with Gasteiger partial charge in [0.15, 0.2) is 0 Å². The molecule has 33 heavy (non-hydrogen) atoms. The molecule has 2 aliphatic heterocycles. The van der Waals surface area contributed by atoms with Crippen LogP contribution in [0.2, 0.25) is 0 Å². The van der Waals surface area contributed by atoms with E-state index in [4.69, 9.17) is 4.74 Å². The molecule has 0 aromatic heterocycles. The molecule has 0 aliphatic carbocycles. The summed E-state index contributed by atoms with van der Waals surface area (Å²) >= 11 is 0. The molecule has 0 atom stereocenters. The number of amides is 2. The molecule has 0 saturated carbocycles. The molecule has 5 nitrogen and oxygen atoms in total. The molecule has 5 heteroatoms. The van der Waals surface area contributed by atoms with Gasteiger partial charge in [0.1, 0.15) is 5.75 Å². The third-order valence-corrected chi connectivity index (χ3v) is 7.16. The van der Waals surface area contributed by atoms with Crippen molar-refractivity contribution in [1.82, 2.24) is 10.2 Å². The van der Waals surface area contributed by atoms with Gasteiger partial charge in [-0.3, -0.25) is 14.9 Å². The first-order valence-corrected chi connectivity index (χ1v) is 11.9. The minimum absolute atomic E-state index is 0.253. The molecule has 2 heterocycles. The van der Waals surface area contributed by atoms with Crippen molar-refractivity contribution in [2.24, 2.45) is 0 Å². The third-order valence-electron chi connectivity index (χ3n) is 7.16. The van der Waals surface area contributed by atoms with E-state index >= 15 is 0 Å². The van der Waals surface area contributed by atoms with Crippen LogP contribution < -0.4 is 10.1 Å². The summed E-state index contributed by atoms with van der Waals surface area (Å²) in [5, 5.41) is 4.83. The second-order valence-corrected chi connectivity index (χ2v) is 9.11. The Balaban J connectivity index is 1.14. The van der Waals surface area contributed by atoms with Crippen LogP contribution in [0.15, 0.2) is 54.6 Å². The number of likely N-dealkylation sites (tertiary alicyclic amines) is 1. The maximum absolute atomic E-state index is 12.1. The van der Waals surface area contributed by atoms with Crippen LogP contribution in [0.3, 0.4) is 0 Å². The highest BCUT2D eigenvalue weighted by Gasteiger charge is 2.29. The van der Waals surface area contributed by atoms with Gasteiger partial charge in [-0.15, -0.1) is 0 Å². The van der Waals surface area contributed by atoms with Crippen LogP contribution in [0.4, 0.5) is 0 Å². The fourth-order valence-electron chi connectivity index (χ4n) is 5.43. The van der Waals surface area contributed by atoms with Gasteiger partial charge in [-0.05, 0) is 80.2 Å². The first-order chi connectivity index (χ1) is 16.2. The van der Waals surface area contributed by atoms with Crippen LogP contribution in [-0.4, -0.2) is 43.5 Å². The summed E-state index contributed by atoms with van der Waals surface area (Å²) in [5.74, 6) is 1.03. The molecule has 3 aromatic carbocycles. The number of unbranched alkanes of at least 4 members (excludes halogenated alkanes) is 1. The molecule has 2 amide bonds. The Morgan fingerprint density at radius 2 is 1.76 bits per heavy atom. The largest absolute Gasteiger partial charge is 0.496 e. The predicted octanol–water partition coefficient (Wildman–Crippen LogP) is 4.93. The molecule has 0 radical (unpaired) electrons. The molecule has 1 saturated heterocycles. The van der Waals surface area contributed by atoms with Crippen molar-refractivity contribution in [2.75, 3.05) is 26.7 Å². The number of carbonyl (C=O) groups excluding carboxylic acids is 2. The fourth-order valence-corrected chi connectivity index (χ4v) is 5.43. The van der Waals surface area contributed by atoms with Gasteiger partial charge in [0.05, 0.1) is 18.2 Å². The van der Waals surface area contributed by atoms with Crippen LogP contribution in [0.5, 0.6) is 5.75 Å². The molecule has 0 spiro atoms. The number of piperidine rings is 1. The molecule has 1 fully saturated rings. The number of methoxy groups -OCH3 is 1. The molecule has 1 N–H and O–H groups in total. The highest BCUT2D eigenvalue weighted by atomic mass is 16.5. The summed E-state index contributed by atoms with van der Waals surface area (Å²) in [5.41, 5.74) is 3.41. The van der Waals surface area contributed by atoms with Gasteiger partial charge < -0.3 is 9.64 Å². The van der Waals surface area contributed by atoms with Crippen LogP contribution in [0.25, 0.3) is 10.8 Å². The topological polar surface area (TPSA) is 58.6 Å². The zero-order valence-corrected chi connectivity index (χ0v) is 19.1. The molecular weight excluding hydrogens is 412 g/mol. The van der Waals surface area contributed by atoms with Crippen LogP contribution in [-0.2, 0) is 6.42 Å². The lowest BCUT2D eigenvalue weighted by Gasteiger charge is -2.33. The van der Waals surface area contributed by atoms with Gasteiger partial charge in [0.2, 0.25) is 0 Å². The average molecular weight is 443 g/mol. The number of hydrogen-bond donors (Lipinski definition) is 1. The van der Waals surface area contributed by atoms with Gasteiger partial charge in [0.25, 0.3) is 11.8 Å². The van der Waals surface area contributed by atoms with Crippen molar-refractivity contribution in [2.45, 2.75) is 38.0 Å². The predicted molar refractivity (Wildman–Crippen MR) is 130 cm³/mol. The summed E-state index contributed by atoms with van der Waals surface area (Å²) in [6.45, 7) is 3.26. The van der Waals surface area contributed by atoms with E-state index in [1.54, 1.807) is 13.2 Å². The Bertz CT molecular complexity index is 1190. The van der Waals surface area contributed by atoms with Crippen molar-refractivity contribution < 1.29 is 14.3 Å². The Morgan fingerprint density at radius 3 is 2.58 bits per heavy atom. The van der Waals surface area contributed by atoms with E-state index < -0.39 is 0 Å². The van der Waals surface area contributed by atoms with Crippen molar-refractivity contribution in [3.63, 3.8) is 0 Å². The minimum Gasteiger partial charge on any atom is -0.496 e. The van der Waals surface area contributed by atoms with Crippen molar-refractivity contribution >= 4 is 22.6 Å². The second kappa shape index (κ2) is 9.36. The first kappa shape index (κ1) is 21.7. The van der Waals surface area contributed by atoms with E-state index in [1.807, 2.05) is 12.1 Å². The highest BCUT2D eigenvalue weighted by molar-refractivity contribution is 6.22. The Morgan fingerprint density at radius 1 is 0.939 bits per heavy atom. The molecule has 5 rings (SSSR count). The number of ether oxygens (including phenoxy) is 1. The van der Waals surface area contributed by atoms with E-state index in [0.29, 0.717) is 17.0 Å². The maximum Gasteiger partial charge on any atom is 0.259 e. The SMILES string of the molecule is COc1c(C2CCN(CCCCc3cccc4c3C(=O)NC4=O)CC2)ccc2ccccc12. The zero-order chi connectivity index (χ0) is 22.8. The summed E-state index contributed by atoms with van der Waals surface area (Å²) in [6, 6.07) is 18.5. The van der Waals surface area contributed by atoms with Crippen molar-refractivity contribution in [3.05, 3.63) is 76.9 Å². The van der Waals surface area contributed by atoms with E-state index in [0.717, 1.165) is 63.1 Å². The molecule has 2 aliphatic rings. The number of benzene rings is 3. The Kier molecular flexibility index (Phi) is 6.14. The average Bonchev–Trinajstić information content (AvgIpc) is 3.15. The number of imide groups is 1. The van der Waals surface area contributed by atoms with Gasteiger partial charge in [0, 0.05) is 5.39 Å². The van der Waals surface area contributed by atoms with Crippen LogP contribution in [0.1, 0.15) is 63.4 Å². The van der Waals surface area contributed by atoms with Gasteiger partial charge in [-0.1, -0.05) is 48.5 Å². The Labute approximate surface area is 194 Å². The van der Waals surface area contributed by atoms with Crippen molar-refractivity contribution in [1.29, 1.82) is 0 Å². The van der Waals surface area contributed by atoms with Gasteiger partial charge >= 0.3 is 0 Å². The normalized spacial score (nSPS) is 16.8. The highest BCUT2D eigenvalue weighted by Crippen LogP contribution is 2.38. The summed E-state index contributed by atoms with van der Waals surface area (Å²) in [6.07, 6.45) is 5.21. The molecular formula is C28H30N2O3. The van der Waals surface area contributed by atoms with Crippen LogP contribution >= 0.6 is 0 Å². The number of hydrogen-bond acceptors (Lipinski definition) is 4. The number of fused-ring (bicyclic) bond motifs is 2.